The maximum atomic E-state index is 5.88. The highest BCUT2D eigenvalue weighted by Gasteiger charge is 2.05. The summed E-state index contributed by atoms with van der Waals surface area (Å²) in [6, 6.07) is 20.2. The number of hydrogen-bond donors (Lipinski definition) is 1. The number of halogens is 2. The smallest absolute Gasteiger partial charge is 0.120 e. The van der Waals surface area contributed by atoms with Crippen molar-refractivity contribution in [3.8, 4) is 16.9 Å². The maximum Gasteiger partial charge on any atom is 0.120 e. The first-order chi connectivity index (χ1) is 10.9. The summed E-state index contributed by atoms with van der Waals surface area (Å²) in [7, 11) is 0. The highest BCUT2D eigenvalue weighted by atomic mass is 35.5. The average molecular weight is 363 g/mol. The quantitative estimate of drug-likeness (QED) is 0.719. The molecule has 2 N–H and O–H groups in total. The fourth-order valence-electron chi connectivity index (χ4n) is 2.37. The molecule has 0 unspecified atom stereocenters. The SMILES string of the molecule is Cl.Cl.NCc1cnccc1-c1cccc(OCc2ccccc2)c1. The standard InChI is InChI=1S/C19H18N2O.2ClH/c20-12-17-13-21-10-9-19(17)16-7-4-8-18(11-16)22-14-15-5-2-1-3-6-15;;/h1-11,13H,12,14,20H2;2*1H. The van der Waals surface area contributed by atoms with Crippen LogP contribution < -0.4 is 10.5 Å². The van der Waals surface area contributed by atoms with Crippen molar-refractivity contribution in [1.29, 1.82) is 0 Å². The van der Waals surface area contributed by atoms with Gasteiger partial charge in [-0.3, -0.25) is 4.98 Å². The Morgan fingerprint density at radius 1 is 0.917 bits per heavy atom. The zero-order valence-corrected chi connectivity index (χ0v) is 14.7. The van der Waals surface area contributed by atoms with Crippen molar-refractivity contribution in [2.24, 2.45) is 5.73 Å². The Labute approximate surface area is 154 Å². The highest BCUT2D eigenvalue weighted by molar-refractivity contribution is 5.85. The van der Waals surface area contributed by atoms with Crippen LogP contribution in [-0.4, -0.2) is 4.98 Å². The van der Waals surface area contributed by atoms with E-state index in [4.69, 9.17) is 10.5 Å². The van der Waals surface area contributed by atoms with Gasteiger partial charge in [-0.15, -0.1) is 24.8 Å². The number of ether oxygens (including phenoxy) is 1. The van der Waals surface area contributed by atoms with E-state index in [-0.39, 0.29) is 24.8 Å². The minimum absolute atomic E-state index is 0. The molecule has 24 heavy (non-hydrogen) atoms. The number of pyridine rings is 1. The van der Waals surface area contributed by atoms with E-state index in [0.29, 0.717) is 13.2 Å². The lowest BCUT2D eigenvalue weighted by atomic mass is 10.0. The average Bonchev–Trinajstić information content (AvgIpc) is 2.61. The molecule has 3 rings (SSSR count). The van der Waals surface area contributed by atoms with E-state index in [1.807, 2.05) is 48.7 Å². The van der Waals surface area contributed by atoms with Crippen LogP contribution in [0.4, 0.5) is 0 Å². The lowest BCUT2D eigenvalue weighted by molar-refractivity contribution is 0.306. The van der Waals surface area contributed by atoms with Gasteiger partial charge in [-0.05, 0) is 40.5 Å². The summed E-state index contributed by atoms with van der Waals surface area (Å²) in [5.41, 5.74) is 10.2. The molecule has 0 saturated carbocycles. The largest absolute Gasteiger partial charge is 0.489 e. The van der Waals surface area contributed by atoms with Gasteiger partial charge in [-0.1, -0.05) is 42.5 Å². The first-order valence-electron chi connectivity index (χ1n) is 7.27. The summed E-state index contributed by atoms with van der Waals surface area (Å²) in [6.07, 6.45) is 3.60. The zero-order valence-electron chi connectivity index (χ0n) is 13.1. The van der Waals surface area contributed by atoms with E-state index in [1.165, 1.54) is 0 Å². The number of rotatable bonds is 5. The number of nitrogens with zero attached hydrogens (tertiary/aromatic N) is 1. The van der Waals surface area contributed by atoms with Gasteiger partial charge in [0.05, 0.1) is 0 Å². The second kappa shape index (κ2) is 9.93. The Hall–Kier alpha value is -2.07. The van der Waals surface area contributed by atoms with Gasteiger partial charge in [0.15, 0.2) is 0 Å². The van der Waals surface area contributed by atoms with E-state index in [1.54, 1.807) is 6.20 Å². The summed E-state index contributed by atoms with van der Waals surface area (Å²) in [4.78, 5) is 4.13. The molecule has 0 bridgehead atoms. The van der Waals surface area contributed by atoms with Crippen molar-refractivity contribution in [3.05, 3.63) is 84.2 Å². The molecule has 0 amide bonds. The van der Waals surface area contributed by atoms with Crippen LogP contribution in [0.1, 0.15) is 11.1 Å². The number of benzene rings is 2. The first kappa shape index (κ1) is 20.0. The van der Waals surface area contributed by atoms with Gasteiger partial charge in [-0.25, -0.2) is 0 Å². The Morgan fingerprint density at radius 3 is 2.46 bits per heavy atom. The minimum Gasteiger partial charge on any atom is -0.489 e. The van der Waals surface area contributed by atoms with E-state index in [0.717, 1.165) is 28.0 Å². The van der Waals surface area contributed by atoms with Crippen molar-refractivity contribution in [3.63, 3.8) is 0 Å². The Morgan fingerprint density at radius 2 is 1.71 bits per heavy atom. The van der Waals surface area contributed by atoms with Crippen LogP contribution in [0.15, 0.2) is 73.1 Å². The van der Waals surface area contributed by atoms with E-state index in [2.05, 4.69) is 23.2 Å². The lowest BCUT2D eigenvalue weighted by Crippen LogP contribution is -2.00. The Bertz CT molecular complexity index is 751. The van der Waals surface area contributed by atoms with Crippen LogP contribution in [0, 0.1) is 0 Å². The molecule has 5 heteroatoms. The molecule has 0 aliphatic rings. The van der Waals surface area contributed by atoms with Crippen LogP contribution in [0.25, 0.3) is 11.1 Å². The summed E-state index contributed by atoms with van der Waals surface area (Å²) in [5, 5.41) is 0. The summed E-state index contributed by atoms with van der Waals surface area (Å²) >= 11 is 0. The molecule has 126 valence electrons. The monoisotopic (exact) mass is 362 g/mol. The van der Waals surface area contributed by atoms with E-state index in [9.17, 15) is 0 Å². The van der Waals surface area contributed by atoms with Crippen LogP contribution in [-0.2, 0) is 13.2 Å². The van der Waals surface area contributed by atoms with Crippen molar-refractivity contribution in [2.75, 3.05) is 0 Å². The van der Waals surface area contributed by atoms with Crippen LogP contribution >= 0.6 is 24.8 Å². The molecule has 1 aromatic heterocycles. The molecule has 0 radical (unpaired) electrons. The molecule has 0 saturated heterocycles. The molecular weight excluding hydrogens is 343 g/mol. The molecule has 0 aliphatic carbocycles. The maximum absolute atomic E-state index is 5.88. The molecule has 0 aliphatic heterocycles. The second-order valence-electron chi connectivity index (χ2n) is 5.04. The van der Waals surface area contributed by atoms with Crippen LogP contribution in [0.3, 0.4) is 0 Å². The lowest BCUT2D eigenvalue weighted by Gasteiger charge is -2.10. The number of nitrogens with two attached hydrogens (primary N) is 1. The first-order valence-corrected chi connectivity index (χ1v) is 7.27. The third-order valence-corrected chi connectivity index (χ3v) is 3.52. The normalized spacial score (nSPS) is 9.54. The van der Waals surface area contributed by atoms with Crippen LogP contribution in [0.2, 0.25) is 0 Å². The molecule has 0 fully saturated rings. The van der Waals surface area contributed by atoms with Crippen molar-refractivity contribution in [2.45, 2.75) is 13.2 Å². The fourth-order valence-corrected chi connectivity index (χ4v) is 2.37. The molecule has 2 aromatic carbocycles. The van der Waals surface area contributed by atoms with Gasteiger partial charge in [0.1, 0.15) is 12.4 Å². The third kappa shape index (κ3) is 4.96. The van der Waals surface area contributed by atoms with Crippen LogP contribution in [0.5, 0.6) is 5.75 Å². The summed E-state index contributed by atoms with van der Waals surface area (Å²) < 4.78 is 5.88. The molecule has 3 aromatic rings. The number of hydrogen-bond acceptors (Lipinski definition) is 3. The minimum atomic E-state index is 0. The Kier molecular flexibility index (Phi) is 8.27. The summed E-state index contributed by atoms with van der Waals surface area (Å²) in [6.45, 7) is 1.03. The van der Waals surface area contributed by atoms with E-state index >= 15 is 0 Å². The van der Waals surface area contributed by atoms with Gasteiger partial charge in [0, 0.05) is 18.9 Å². The topological polar surface area (TPSA) is 48.1 Å². The second-order valence-corrected chi connectivity index (χ2v) is 5.04. The molecular formula is C19H20Cl2N2O. The molecule has 0 atom stereocenters. The van der Waals surface area contributed by atoms with Crippen molar-refractivity contribution >= 4 is 24.8 Å². The Balaban J connectivity index is 0.00000144. The van der Waals surface area contributed by atoms with Gasteiger partial charge < -0.3 is 10.5 Å². The third-order valence-electron chi connectivity index (χ3n) is 3.52. The molecule has 3 nitrogen and oxygen atoms in total. The highest BCUT2D eigenvalue weighted by Crippen LogP contribution is 2.26. The fraction of sp³-hybridized carbons (Fsp3) is 0.105. The summed E-state index contributed by atoms with van der Waals surface area (Å²) in [5.74, 6) is 0.848. The van der Waals surface area contributed by atoms with Crippen molar-refractivity contribution in [1.82, 2.24) is 4.98 Å². The van der Waals surface area contributed by atoms with E-state index < -0.39 is 0 Å². The van der Waals surface area contributed by atoms with Gasteiger partial charge in [0.2, 0.25) is 0 Å². The van der Waals surface area contributed by atoms with Gasteiger partial charge in [-0.2, -0.15) is 0 Å². The molecule has 0 spiro atoms. The number of aromatic nitrogens is 1. The van der Waals surface area contributed by atoms with Crippen molar-refractivity contribution < 1.29 is 4.74 Å². The van der Waals surface area contributed by atoms with Gasteiger partial charge in [0.25, 0.3) is 0 Å². The zero-order chi connectivity index (χ0) is 15.2. The molecule has 1 heterocycles. The van der Waals surface area contributed by atoms with Gasteiger partial charge >= 0.3 is 0 Å². The predicted molar refractivity (Wildman–Crippen MR) is 103 cm³/mol. The predicted octanol–water partition coefficient (Wildman–Crippen LogP) is 4.63.